The van der Waals surface area contributed by atoms with Gasteiger partial charge in [0.1, 0.15) is 5.75 Å². The first-order chi connectivity index (χ1) is 13.4. The number of aryl methyl sites for hydroxylation is 1. The quantitative estimate of drug-likeness (QED) is 0.529. The van der Waals surface area contributed by atoms with Crippen LogP contribution in [0.4, 0.5) is 5.69 Å². The number of piperidine rings is 1. The molecular weight excluding hydrogens is 354 g/mol. The van der Waals surface area contributed by atoms with Gasteiger partial charge >= 0.3 is 11.8 Å². The van der Waals surface area contributed by atoms with Crippen LogP contribution in [0.1, 0.15) is 45.6 Å². The lowest BCUT2D eigenvalue weighted by atomic mass is 9.92. The molecule has 2 atom stereocenters. The molecule has 1 fully saturated rings. The SMILES string of the molecule is CCOc1cc(C)ccc1NC(=O)C(=O)NCCCCN1CC(C)CC(C)C1. The minimum Gasteiger partial charge on any atom is -0.492 e. The van der Waals surface area contributed by atoms with Crippen molar-refractivity contribution in [2.45, 2.75) is 47.0 Å². The van der Waals surface area contributed by atoms with Crippen LogP contribution < -0.4 is 15.4 Å². The van der Waals surface area contributed by atoms with Crippen molar-refractivity contribution in [3.8, 4) is 5.75 Å². The molecule has 6 heteroatoms. The fourth-order valence-corrected chi connectivity index (χ4v) is 3.90. The van der Waals surface area contributed by atoms with Crippen molar-refractivity contribution in [2.24, 2.45) is 11.8 Å². The van der Waals surface area contributed by atoms with Gasteiger partial charge in [0.15, 0.2) is 0 Å². The number of benzene rings is 1. The number of unbranched alkanes of at least 4 members (excludes halogenated alkanes) is 1. The lowest BCUT2D eigenvalue weighted by molar-refractivity contribution is -0.136. The first-order valence-corrected chi connectivity index (χ1v) is 10.4. The third-order valence-electron chi connectivity index (χ3n) is 5.02. The maximum atomic E-state index is 12.2. The van der Waals surface area contributed by atoms with E-state index in [0.717, 1.165) is 49.9 Å². The predicted molar refractivity (Wildman–Crippen MR) is 113 cm³/mol. The van der Waals surface area contributed by atoms with Gasteiger partial charge < -0.3 is 20.3 Å². The Balaban J connectivity index is 1.69. The van der Waals surface area contributed by atoms with Crippen molar-refractivity contribution < 1.29 is 14.3 Å². The van der Waals surface area contributed by atoms with Gasteiger partial charge in [-0.25, -0.2) is 0 Å². The summed E-state index contributed by atoms with van der Waals surface area (Å²) in [5.74, 6) is 0.825. The van der Waals surface area contributed by atoms with Crippen LogP contribution in [0, 0.1) is 18.8 Å². The first-order valence-electron chi connectivity index (χ1n) is 10.4. The van der Waals surface area contributed by atoms with Crippen LogP contribution >= 0.6 is 0 Å². The molecule has 28 heavy (non-hydrogen) atoms. The number of hydrogen-bond acceptors (Lipinski definition) is 4. The standard InChI is InChI=1S/C22H35N3O3/c1-5-28-20-13-16(2)8-9-19(20)24-22(27)21(26)23-10-6-7-11-25-14-17(3)12-18(4)15-25/h8-9,13,17-18H,5-7,10-12,14-15H2,1-4H3,(H,23,26)(H,24,27). The van der Waals surface area contributed by atoms with Crippen molar-refractivity contribution in [2.75, 3.05) is 38.1 Å². The number of amides is 2. The first kappa shape index (κ1) is 22.2. The van der Waals surface area contributed by atoms with Crippen LogP contribution in [0.2, 0.25) is 0 Å². The second kappa shape index (κ2) is 11.1. The van der Waals surface area contributed by atoms with Gasteiger partial charge in [-0.2, -0.15) is 0 Å². The van der Waals surface area contributed by atoms with E-state index in [4.69, 9.17) is 4.74 Å². The second-order valence-corrected chi connectivity index (χ2v) is 8.06. The molecule has 1 aliphatic heterocycles. The van der Waals surface area contributed by atoms with E-state index in [1.165, 1.54) is 6.42 Å². The van der Waals surface area contributed by atoms with Gasteiger partial charge in [-0.3, -0.25) is 9.59 Å². The molecule has 2 amide bonds. The average Bonchev–Trinajstić information content (AvgIpc) is 2.63. The Bertz CT molecular complexity index is 652. The van der Waals surface area contributed by atoms with Crippen LogP contribution in [0.5, 0.6) is 5.75 Å². The third-order valence-corrected chi connectivity index (χ3v) is 5.02. The largest absolute Gasteiger partial charge is 0.492 e. The number of carbonyl (C=O) groups excluding carboxylic acids is 2. The molecule has 0 aliphatic carbocycles. The summed E-state index contributed by atoms with van der Waals surface area (Å²) < 4.78 is 5.53. The highest BCUT2D eigenvalue weighted by Gasteiger charge is 2.21. The molecule has 0 aromatic heterocycles. The van der Waals surface area contributed by atoms with Crippen LogP contribution in [0.3, 0.4) is 0 Å². The Morgan fingerprint density at radius 2 is 1.86 bits per heavy atom. The normalized spacial score (nSPS) is 19.9. The lowest BCUT2D eigenvalue weighted by Crippen LogP contribution is -2.39. The number of hydrogen-bond donors (Lipinski definition) is 2. The van der Waals surface area contributed by atoms with E-state index in [2.05, 4.69) is 29.4 Å². The fourth-order valence-electron chi connectivity index (χ4n) is 3.90. The molecule has 6 nitrogen and oxygen atoms in total. The summed E-state index contributed by atoms with van der Waals surface area (Å²) in [6.07, 6.45) is 3.20. The van der Waals surface area contributed by atoms with Crippen molar-refractivity contribution in [1.82, 2.24) is 10.2 Å². The van der Waals surface area contributed by atoms with Gasteiger partial charge in [0.2, 0.25) is 0 Å². The van der Waals surface area contributed by atoms with Gasteiger partial charge in [0.25, 0.3) is 0 Å². The van der Waals surface area contributed by atoms with Crippen LogP contribution in [-0.4, -0.2) is 49.5 Å². The predicted octanol–water partition coefficient (Wildman–Crippen LogP) is 3.21. The minimum absolute atomic E-state index is 0.493. The van der Waals surface area contributed by atoms with Crippen LogP contribution in [0.25, 0.3) is 0 Å². The minimum atomic E-state index is -0.663. The second-order valence-electron chi connectivity index (χ2n) is 8.06. The number of anilines is 1. The summed E-state index contributed by atoms with van der Waals surface area (Å²) in [4.78, 5) is 26.7. The number of nitrogens with zero attached hydrogens (tertiary/aromatic N) is 1. The molecule has 0 spiro atoms. The molecule has 1 aromatic carbocycles. The number of rotatable bonds is 8. The van der Waals surface area contributed by atoms with Gasteiger partial charge in [0.05, 0.1) is 12.3 Å². The fraction of sp³-hybridized carbons (Fsp3) is 0.636. The Kier molecular flexibility index (Phi) is 8.77. The van der Waals surface area contributed by atoms with Gasteiger partial charge in [-0.05, 0) is 69.2 Å². The summed E-state index contributed by atoms with van der Waals surface area (Å²) >= 11 is 0. The highest BCUT2D eigenvalue weighted by Crippen LogP contribution is 2.25. The van der Waals surface area contributed by atoms with Crippen molar-refractivity contribution in [3.05, 3.63) is 23.8 Å². The Hall–Kier alpha value is -2.08. The molecular formula is C22H35N3O3. The maximum Gasteiger partial charge on any atom is 0.313 e. The molecule has 1 heterocycles. The van der Waals surface area contributed by atoms with Crippen molar-refractivity contribution >= 4 is 17.5 Å². The number of likely N-dealkylation sites (tertiary alicyclic amines) is 1. The highest BCUT2D eigenvalue weighted by molar-refractivity contribution is 6.39. The zero-order chi connectivity index (χ0) is 20.5. The molecule has 2 unspecified atom stereocenters. The van der Waals surface area contributed by atoms with Gasteiger partial charge in [-0.15, -0.1) is 0 Å². The van der Waals surface area contributed by atoms with Crippen LogP contribution in [0.15, 0.2) is 18.2 Å². The summed E-state index contributed by atoms with van der Waals surface area (Å²) in [5.41, 5.74) is 1.55. The number of carbonyl (C=O) groups is 2. The topological polar surface area (TPSA) is 70.7 Å². The zero-order valence-electron chi connectivity index (χ0n) is 17.7. The molecule has 1 aliphatic rings. The Labute approximate surface area is 169 Å². The lowest BCUT2D eigenvalue weighted by Gasteiger charge is -2.34. The van der Waals surface area contributed by atoms with E-state index < -0.39 is 11.8 Å². The number of nitrogens with one attached hydrogen (secondary N) is 2. The van der Waals surface area contributed by atoms with E-state index in [1.54, 1.807) is 6.07 Å². The van der Waals surface area contributed by atoms with E-state index >= 15 is 0 Å². The Morgan fingerprint density at radius 3 is 2.54 bits per heavy atom. The summed E-state index contributed by atoms with van der Waals surface area (Å²) in [6.45, 7) is 12.8. The molecule has 156 valence electrons. The van der Waals surface area contributed by atoms with E-state index in [-0.39, 0.29) is 0 Å². The smallest absolute Gasteiger partial charge is 0.313 e. The van der Waals surface area contributed by atoms with Crippen molar-refractivity contribution in [3.63, 3.8) is 0 Å². The molecule has 2 rings (SSSR count). The monoisotopic (exact) mass is 389 g/mol. The van der Waals surface area contributed by atoms with Gasteiger partial charge in [-0.1, -0.05) is 19.9 Å². The molecule has 2 N–H and O–H groups in total. The molecule has 1 saturated heterocycles. The summed E-state index contributed by atoms with van der Waals surface area (Å²) in [7, 11) is 0. The van der Waals surface area contributed by atoms with Gasteiger partial charge in [0, 0.05) is 19.6 Å². The molecule has 0 bridgehead atoms. The van der Waals surface area contributed by atoms with E-state index in [0.29, 0.717) is 24.6 Å². The maximum absolute atomic E-state index is 12.2. The van der Waals surface area contributed by atoms with Crippen molar-refractivity contribution in [1.29, 1.82) is 0 Å². The number of ether oxygens (including phenoxy) is 1. The molecule has 0 radical (unpaired) electrons. The zero-order valence-corrected chi connectivity index (χ0v) is 17.7. The third kappa shape index (κ3) is 7.15. The Morgan fingerprint density at radius 1 is 1.14 bits per heavy atom. The molecule has 0 saturated carbocycles. The van der Waals surface area contributed by atoms with E-state index in [1.807, 2.05) is 26.0 Å². The van der Waals surface area contributed by atoms with Crippen LogP contribution in [-0.2, 0) is 9.59 Å². The summed E-state index contributed by atoms with van der Waals surface area (Å²) in [6, 6.07) is 5.48. The molecule has 1 aromatic rings. The average molecular weight is 390 g/mol. The highest BCUT2D eigenvalue weighted by atomic mass is 16.5. The summed E-state index contributed by atoms with van der Waals surface area (Å²) in [5, 5.41) is 5.35. The van der Waals surface area contributed by atoms with E-state index in [9.17, 15) is 9.59 Å².